The average molecular weight is 298 g/mol. The maximum atomic E-state index is 13.4. The number of benzene rings is 1. The van der Waals surface area contributed by atoms with Gasteiger partial charge in [-0.15, -0.1) is 5.10 Å². The number of nitriles is 1. The van der Waals surface area contributed by atoms with Crippen molar-refractivity contribution >= 4 is 0 Å². The van der Waals surface area contributed by atoms with Crippen molar-refractivity contribution in [3.63, 3.8) is 0 Å². The number of aromatic nitrogens is 3. The fraction of sp³-hybridized carbons (Fsp3) is 0.471. The van der Waals surface area contributed by atoms with Gasteiger partial charge in [0.15, 0.2) is 5.69 Å². The van der Waals surface area contributed by atoms with Crippen molar-refractivity contribution in [1.29, 1.82) is 5.26 Å². The highest BCUT2D eigenvalue weighted by Crippen LogP contribution is 2.28. The van der Waals surface area contributed by atoms with E-state index in [0.29, 0.717) is 11.4 Å². The van der Waals surface area contributed by atoms with Crippen LogP contribution in [0.3, 0.4) is 0 Å². The molecule has 0 atom stereocenters. The van der Waals surface area contributed by atoms with Crippen LogP contribution in [0.5, 0.6) is 0 Å². The Morgan fingerprint density at radius 3 is 2.82 bits per heavy atom. The van der Waals surface area contributed by atoms with Gasteiger partial charge in [-0.25, -0.2) is 9.07 Å². The van der Waals surface area contributed by atoms with Gasteiger partial charge in [0.2, 0.25) is 0 Å². The fourth-order valence-corrected chi connectivity index (χ4v) is 3.24. The maximum absolute atomic E-state index is 13.4. The summed E-state index contributed by atoms with van der Waals surface area (Å²) in [4.78, 5) is 0. The van der Waals surface area contributed by atoms with Gasteiger partial charge < -0.3 is 0 Å². The first-order valence-corrected chi connectivity index (χ1v) is 7.88. The first-order valence-electron chi connectivity index (χ1n) is 7.88. The van der Waals surface area contributed by atoms with Gasteiger partial charge in [0.05, 0.1) is 11.4 Å². The van der Waals surface area contributed by atoms with Gasteiger partial charge in [-0.1, -0.05) is 43.4 Å². The van der Waals surface area contributed by atoms with Crippen LogP contribution in [0.15, 0.2) is 24.3 Å². The molecule has 0 radical (unpaired) electrons. The zero-order chi connectivity index (χ0) is 15.4. The minimum Gasteiger partial charge on any atom is -0.216 e. The minimum atomic E-state index is -0.315. The molecule has 0 unspecified atom stereocenters. The Morgan fingerprint density at radius 1 is 1.27 bits per heavy atom. The number of hydrogen-bond donors (Lipinski definition) is 0. The zero-order valence-corrected chi connectivity index (χ0v) is 12.5. The van der Waals surface area contributed by atoms with Crippen molar-refractivity contribution in [2.45, 2.75) is 44.9 Å². The molecule has 3 rings (SSSR count). The van der Waals surface area contributed by atoms with E-state index in [4.69, 9.17) is 0 Å². The van der Waals surface area contributed by atoms with Crippen molar-refractivity contribution in [3.05, 3.63) is 41.5 Å². The van der Waals surface area contributed by atoms with Gasteiger partial charge >= 0.3 is 0 Å². The molecule has 22 heavy (non-hydrogen) atoms. The van der Waals surface area contributed by atoms with Gasteiger partial charge in [0.25, 0.3) is 0 Å². The molecule has 0 bridgehead atoms. The Bertz CT molecular complexity index is 680. The van der Waals surface area contributed by atoms with Crippen LogP contribution in [0.25, 0.3) is 5.69 Å². The van der Waals surface area contributed by atoms with Gasteiger partial charge in [-0.05, 0) is 37.0 Å². The lowest BCUT2D eigenvalue weighted by atomic mass is 9.85. The Kier molecular flexibility index (Phi) is 4.47. The third kappa shape index (κ3) is 3.16. The predicted molar refractivity (Wildman–Crippen MR) is 80.9 cm³/mol. The van der Waals surface area contributed by atoms with Crippen LogP contribution in [0.4, 0.5) is 4.39 Å². The maximum Gasteiger partial charge on any atom is 0.186 e. The molecule has 0 amide bonds. The molecule has 1 aliphatic rings. The van der Waals surface area contributed by atoms with Crippen molar-refractivity contribution in [1.82, 2.24) is 15.0 Å². The van der Waals surface area contributed by atoms with E-state index in [1.807, 2.05) is 0 Å². The van der Waals surface area contributed by atoms with Crippen LogP contribution < -0.4 is 0 Å². The number of hydrogen-bond acceptors (Lipinski definition) is 3. The molecule has 2 aromatic rings. The van der Waals surface area contributed by atoms with Crippen molar-refractivity contribution in [2.24, 2.45) is 5.92 Å². The molecule has 1 aliphatic carbocycles. The van der Waals surface area contributed by atoms with Crippen LogP contribution >= 0.6 is 0 Å². The predicted octanol–water partition coefficient (Wildman–Crippen LogP) is 3.79. The summed E-state index contributed by atoms with van der Waals surface area (Å²) < 4.78 is 15.0. The minimum absolute atomic E-state index is 0.315. The van der Waals surface area contributed by atoms with Gasteiger partial charge in [-0.2, -0.15) is 5.26 Å². The molecule has 1 fully saturated rings. The Morgan fingerprint density at radius 2 is 2.09 bits per heavy atom. The molecule has 1 saturated carbocycles. The second-order valence-electron chi connectivity index (χ2n) is 5.93. The Balaban J connectivity index is 1.82. The third-order valence-corrected chi connectivity index (χ3v) is 4.44. The first kappa shape index (κ1) is 14.7. The highest BCUT2D eigenvalue weighted by molar-refractivity contribution is 5.36. The topological polar surface area (TPSA) is 54.5 Å². The third-order valence-electron chi connectivity index (χ3n) is 4.44. The highest BCUT2D eigenvalue weighted by atomic mass is 19.1. The summed E-state index contributed by atoms with van der Waals surface area (Å²) in [5.41, 5.74) is 1.76. The lowest BCUT2D eigenvalue weighted by molar-refractivity contribution is 0.337. The van der Waals surface area contributed by atoms with E-state index in [0.717, 1.165) is 24.5 Å². The molecule has 1 aromatic carbocycles. The standard InChI is InChI=1S/C17H19FN4/c18-14-7-4-8-15(11-14)22-17(16(12-19)20-21-22)10-9-13-5-2-1-3-6-13/h4,7-8,11,13H,1-3,5-6,9-10H2. The Labute approximate surface area is 129 Å². The lowest BCUT2D eigenvalue weighted by Crippen LogP contribution is -2.10. The summed E-state index contributed by atoms with van der Waals surface area (Å²) in [5.74, 6) is 0.404. The van der Waals surface area contributed by atoms with Crippen LogP contribution in [0, 0.1) is 23.1 Å². The zero-order valence-electron chi connectivity index (χ0n) is 12.5. The number of nitrogens with zero attached hydrogens (tertiary/aromatic N) is 4. The Hall–Kier alpha value is -2.22. The van der Waals surface area contributed by atoms with Crippen LogP contribution in [0.1, 0.15) is 49.9 Å². The summed E-state index contributed by atoms with van der Waals surface area (Å²) >= 11 is 0. The van der Waals surface area contributed by atoms with Crippen LogP contribution in [-0.2, 0) is 6.42 Å². The lowest BCUT2D eigenvalue weighted by Gasteiger charge is -2.21. The average Bonchev–Trinajstić information content (AvgIpc) is 2.97. The second-order valence-corrected chi connectivity index (χ2v) is 5.93. The van der Waals surface area contributed by atoms with Crippen LogP contribution in [0.2, 0.25) is 0 Å². The van der Waals surface area contributed by atoms with E-state index >= 15 is 0 Å². The number of rotatable bonds is 4. The van der Waals surface area contributed by atoms with E-state index in [9.17, 15) is 9.65 Å². The van der Waals surface area contributed by atoms with Crippen LogP contribution in [-0.4, -0.2) is 15.0 Å². The molecule has 4 nitrogen and oxygen atoms in total. The highest BCUT2D eigenvalue weighted by Gasteiger charge is 2.18. The molecular weight excluding hydrogens is 279 g/mol. The largest absolute Gasteiger partial charge is 0.216 e. The van der Waals surface area contributed by atoms with Gasteiger partial charge in [0, 0.05) is 0 Å². The van der Waals surface area contributed by atoms with E-state index in [-0.39, 0.29) is 5.82 Å². The number of halogens is 1. The molecule has 1 heterocycles. The monoisotopic (exact) mass is 298 g/mol. The molecule has 0 N–H and O–H groups in total. The molecule has 0 saturated heterocycles. The summed E-state index contributed by atoms with van der Waals surface area (Å²) in [6, 6.07) is 8.34. The molecular formula is C17H19FN4. The van der Waals surface area contributed by atoms with Crippen molar-refractivity contribution in [2.75, 3.05) is 0 Å². The summed E-state index contributed by atoms with van der Waals surface area (Å²) in [5, 5.41) is 17.2. The smallest absolute Gasteiger partial charge is 0.186 e. The first-order chi connectivity index (χ1) is 10.8. The quantitative estimate of drug-likeness (QED) is 0.863. The molecule has 0 aliphatic heterocycles. The molecule has 114 valence electrons. The van der Waals surface area contributed by atoms with Crippen molar-refractivity contribution < 1.29 is 4.39 Å². The van der Waals surface area contributed by atoms with E-state index in [1.54, 1.807) is 16.8 Å². The molecule has 0 spiro atoms. The molecule has 1 aromatic heterocycles. The van der Waals surface area contributed by atoms with E-state index in [1.165, 1.54) is 44.2 Å². The van der Waals surface area contributed by atoms with Gasteiger partial charge in [-0.3, -0.25) is 0 Å². The summed E-state index contributed by atoms with van der Waals surface area (Å²) in [6.07, 6.45) is 8.28. The van der Waals surface area contributed by atoms with E-state index < -0.39 is 0 Å². The van der Waals surface area contributed by atoms with Gasteiger partial charge in [0.1, 0.15) is 11.9 Å². The fourth-order valence-electron chi connectivity index (χ4n) is 3.24. The summed E-state index contributed by atoms with van der Waals surface area (Å²) in [7, 11) is 0. The second kappa shape index (κ2) is 6.69. The van der Waals surface area contributed by atoms with E-state index in [2.05, 4.69) is 16.4 Å². The van der Waals surface area contributed by atoms with Crippen molar-refractivity contribution in [3.8, 4) is 11.8 Å². The normalized spacial score (nSPS) is 15.6. The SMILES string of the molecule is N#Cc1nnn(-c2cccc(F)c2)c1CCC1CCCCC1. The summed E-state index contributed by atoms with van der Waals surface area (Å²) in [6.45, 7) is 0. The molecule has 5 heteroatoms.